The molecular weight excluding hydrogens is 334 g/mol. The molecule has 4 heteroatoms. The normalized spacial score (nSPS) is 23.9. The van der Waals surface area contributed by atoms with E-state index in [2.05, 4.69) is 19.1 Å². The molecule has 3 atom stereocenters. The zero-order valence-electron chi connectivity index (χ0n) is 15.5. The molecule has 0 aromatic heterocycles. The zero-order valence-corrected chi connectivity index (χ0v) is 15.5. The number of rotatable bonds is 10. The van der Waals surface area contributed by atoms with Gasteiger partial charge in [-0.05, 0) is 55.7 Å². The Morgan fingerprint density at radius 3 is 2.69 bits per heavy atom. The van der Waals surface area contributed by atoms with Crippen LogP contribution >= 0.6 is 0 Å². The lowest BCUT2D eigenvalue weighted by Crippen LogP contribution is -2.24. The number of unbranched alkanes of at least 4 members (excludes halogenated alkanes) is 2. The number of aliphatic hydroxyl groups is 1. The van der Waals surface area contributed by atoms with E-state index in [-0.39, 0.29) is 11.8 Å². The van der Waals surface area contributed by atoms with E-state index in [0.717, 1.165) is 38.2 Å². The molecule has 0 aliphatic heterocycles. The minimum absolute atomic E-state index is 0.0107. The number of hydrogen-bond donors (Lipinski definition) is 1. The van der Waals surface area contributed by atoms with Crippen molar-refractivity contribution >= 4 is 0 Å². The summed E-state index contributed by atoms with van der Waals surface area (Å²) in [5.74, 6) is -2.57. The van der Waals surface area contributed by atoms with E-state index in [1.807, 2.05) is 6.07 Å². The molecule has 26 heavy (non-hydrogen) atoms. The molecule has 1 unspecified atom stereocenters. The highest BCUT2D eigenvalue weighted by Crippen LogP contribution is 2.36. The van der Waals surface area contributed by atoms with Crippen molar-refractivity contribution < 1.29 is 18.6 Å². The van der Waals surface area contributed by atoms with Crippen molar-refractivity contribution in [2.45, 2.75) is 57.5 Å². The smallest absolute Gasteiger partial charge is 0.299 e. The molecule has 0 bridgehead atoms. The number of aliphatic hydroxyl groups excluding tert-OH is 1. The molecule has 1 saturated carbocycles. The molecule has 1 fully saturated rings. The number of halogens is 2. The zero-order chi connectivity index (χ0) is 18.8. The highest BCUT2D eigenvalue weighted by atomic mass is 19.3. The molecule has 1 aliphatic carbocycles. The van der Waals surface area contributed by atoms with Crippen LogP contribution in [0.1, 0.15) is 45.4 Å². The summed E-state index contributed by atoms with van der Waals surface area (Å²) in [6.07, 6.45) is 11.9. The van der Waals surface area contributed by atoms with Crippen molar-refractivity contribution in [2.75, 3.05) is 6.61 Å². The standard InChI is InChI=1S/C22H30F2O2/c1-2-3-4-5-9-12-20-18(13-14-21(20)25)15-16-22(23,24)17-26-19-10-7-6-8-11-19/h5-11,15-16,18,20-21,25H,2-4,12-14,17H2,1H3/b9-5-,16-15+/t18?,20-,21+/m1/s1. The summed E-state index contributed by atoms with van der Waals surface area (Å²) >= 11 is 0. The van der Waals surface area contributed by atoms with Crippen LogP contribution in [-0.4, -0.2) is 23.7 Å². The van der Waals surface area contributed by atoms with Gasteiger partial charge in [0.15, 0.2) is 6.61 Å². The lowest BCUT2D eigenvalue weighted by Gasteiger charge is -2.19. The van der Waals surface area contributed by atoms with Gasteiger partial charge in [-0.1, -0.05) is 56.2 Å². The predicted molar refractivity (Wildman–Crippen MR) is 102 cm³/mol. The van der Waals surface area contributed by atoms with Crippen molar-refractivity contribution in [2.24, 2.45) is 11.8 Å². The first-order valence-electron chi connectivity index (χ1n) is 9.60. The van der Waals surface area contributed by atoms with Crippen LogP contribution in [0.15, 0.2) is 54.6 Å². The van der Waals surface area contributed by atoms with Gasteiger partial charge in [0.2, 0.25) is 0 Å². The number of hydrogen-bond acceptors (Lipinski definition) is 2. The Balaban J connectivity index is 1.86. The van der Waals surface area contributed by atoms with Gasteiger partial charge < -0.3 is 9.84 Å². The van der Waals surface area contributed by atoms with Crippen molar-refractivity contribution in [3.63, 3.8) is 0 Å². The van der Waals surface area contributed by atoms with Crippen LogP contribution < -0.4 is 4.74 Å². The van der Waals surface area contributed by atoms with E-state index < -0.39 is 18.6 Å². The molecular formula is C22H30F2O2. The minimum atomic E-state index is -3.02. The minimum Gasteiger partial charge on any atom is -0.487 e. The number of allylic oxidation sites excluding steroid dienone is 3. The molecule has 0 heterocycles. The van der Waals surface area contributed by atoms with Gasteiger partial charge in [0, 0.05) is 0 Å². The predicted octanol–water partition coefficient (Wildman–Crippen LogP) is 5.78. The Labute approximate surface area is 155 Å². The lowest BCUT2D eigenvalue weighted by atomic mass is 9.90. The molecule has 1 aromatic rings. The van der Waals surface area contributed by atoms with Crippen molar-refractivity contribution in [1.29, 1.82) is 0 Å². The fraction of sp³-hybridized carbons (Fsp3) is 0.545. The summed E-state index contributed by atoms with van der Waals surface area (Å²) < 4.78 is 33.4. The van der Waals surface area contributed by atoms with Crippen LogP contribution in [0.25, 0.3) is 0 Å². The van der Waals surface area contributed by atoms with E-state index in [4.69, 9.17) is 4.74 Å². The molecule has 0 spiro atoms. The van der Waals surface area contributed by atoms with Gasteiger partial charge in [0.1, 0.15) is 5.75 Å². The van der Waals surface area contributed by atoms with Crippen LogP contribution in [-0.2, 0) is 0 Å². The Morgan fingerprint density at radius 2 is 1.96 bits per heavy atom. The maximum absolute atomic E-state index is 14.1. The summed E-state index contributed by atoms with van der Waals surface area (Å²) in [5, 5.41) is 10.2. The van der Waals surface area contributed by atoms with E-state index in [1.165, 1.54) is 0 Å². The maximum Gasteiger partial charge on any atom is 0.299 e. The monoisotopic (exact) mass is 364 g/mol. The van der Waals surface area contributed by atoms with Crippen molar-refractivity contribution in [3.8, 4) is 5.75 Å². The van der Waals surface area contributed by atoms with Gasteiger partial charge in [0.25, 0.3) is 5.92 Å². The summed E-state index contributed by atoms with van der Waals surface area (Å²) in [4.78, 5) is 0. The fourth-order valence-corrected chi connectivity index (χ4v) is 3.35. The molecule has 2 nitrogen and oxygen atoms in total. The van der Waals surface area contributed by atoms with E-state index >= 15 is 0 Å². The van der Waals surface area contributed by atoms with E-state index in [9.17, 15) is 13.9 Å². The molecule has 1 N–H and O–H groups in total. The highest BCUT2D eigenvalue weighted by molar-refractivity contribution is 5.21. The Bertz CT molecular complexity index is 569. The molecule has 144 valence electrons. The van der Waals surface area contributed by atoms with Crippen LogP contribution in [0.5, 0.6) is 5.75 Å². The van der Waals surface area contributed by atoms with Crippen LogP contribution in [0.4, 0.5) is 8.78 Å². The number of para-hydroxylation sites is 1. The van der Waals surface area contributed by atoms with Gasteiger partial charge in [-0.25, -0.2) is 0 Å². The highest BCUT2D eigenvalue weighted by Gasteiger charge is 2.34. The van der Waals surface area contributed by atoms with E-state index in [1.54, 1.807) is 30.3 Å². The van der Waals surface area contributed by atoms with E-state index in [0.29, 0.717) is 12.2 Å². The molecule has 1 aliphatic rings. The van der Waals surface area contributed by atoms with Crippen molar-refractivity contribution in [3.05, 3.63) is 54.6 Å². The first-order valence-corrected chi connectivity index (χ1v) is 9.60. The molecule has 2 rings (SSSR count). The molecule has 1 aromatic carbocycles. The lowest BCUT2D eigenvalue weighted by molar-refractivity contribution is 0.00442. The Kier molecular flexibility index (Phi) is 8.30. The summed E-state index contributed by atoms with van der Waals surface area (Å²) in [6, 6.07) is 8.64. The van der Waals surface area contributed by atoms with Crippen LogP contribution in [0.3, 0.4) is 0 Å². The second-order valence-corrected chi connectivity index (χ2v) is 7.04. The summed E-state index contributed by atoms with van der Waals surface area (Å²) in [6.45, 7) is 1.47. The molecule has 0 amide bonds. The van der Waals surface area contributed by atoms with Gasteiger partial charge in [-0.2, -0.15) is 8.78 Å². The number of benzene rings is 1. The quantitative estimate of drug-likeness (QED) is 0.421. The SMILES string of the molecule is CCCC/C=C\C[C@@H]1C(/C=C/C(F)(F)COc2ccccc2)CC[C@@H]1O. The first-order chi connectivity index (χ1) is 12.5. The molecule has 0 radical (unpaired) electrons. The van der Waals surface area contributed by atoms with Crippen molar-refractivity contribution in [1.82, 2.24) is 0 Å². The van der Waals surface area contributed by atoms with Gasteiger partial charge in [0.05, 0.1) is 6.10 Å². The van der Waals surface area contributed by atoms with Crippen LogP contribution in [0, 0.1) is 11.8 Å². The van der Waals surface area contributed by atoms with Gasteiger partial charge in [-0.3, -0.25) is 0 Å². The maximum atomic E-state index is 14.1. The summed E-state index contributed by atoms with van der Waals surface area (Å²) in [5.41, 5.74) is 0. The third kappa shape index (κ3) is 6.91. The largest absolute Gasteiger partial charge is 0.487 e. The Hall–Kier alpha value is -1.68. The average Bonchev–Trinajstić information content (AvgIpc) is 2.99. The summed E-state index contributed by atoms with van der Waals surface area (Å²) in [7, 11) is 0. The number of ether oxygens (including phenoxy) is 1. The third-order valence-corrected chi connectivity index (χ3v) is 4.90. The van der Waals surface area contributed by atoms with Crippen LogP contribution in [0.2, 0.25) is 0 Å². The average molecular weight is 364 g/mol. The first kappa shape index (κ1) is 20.6. The Morgan fingerprint density at radius 1 is 1.19 bits per heavy atom. The topological polar surface area (TPSA) is 29.5 Å². The van der Waals surface area contributed by atoms with Gasteiger partial charge in [-0.15, -0.1) is 0 Å². The van der Waals surface area contributed by atoms with Gasteiger partial charge >= 0.3 is 0 Å². The second-order valence-electron chi connectivity index (χ2n) is 7.04. The second kappa shape index (κ2) is 10.5. The number of alkyl halides is 2. The third-order valence-electron chi connectivity index (χ3n) is 4.90. The fourth-order valence-electron chi connectivity index (χ4n) is 3.35. The molecule has 0 saturated heterocycles.